The first-order chi connectivity index (χ1) is 12.8. The Bertz CT molecular complexity index is 649. The molecule has 0 N–H and O–H groups in total. The van der Waals surface area contributed by atoms with E-state index in [0.29, 0.717) is 17.4 Å². The van der Waals surface area contributed by atoms with Gasteiger partial charge in [0, 0.05) is 19.2 Å². The van der Waals surface area contributed by atoms with Crippen LogP contribution >= 0.6 is 0 Å². The highest BCUT2D eigenvalue weighted by Crippen LogP contribution is 2.29. The minimum absolute atomic E-state index is 0.0305. The highest BCUT2D eigenvalue weighted by molar-refractivity contribution is 5.91. The predicted octanol–water partition coefficient (Wildman–Crippen LogP) is 3.68. The Hall–Kier alpha value is -2.01. The normalized spacial score (nSPS) is 17.3. The van der Waals surface area contributed by atoms with Gasteiger partial charge < -0.3 is 19.3 Å². The van der Waals surface area contributed by atoms with Crippen LogP contribution in [0.25, 0.3) is 6.08 Å². The van der Waals surface area contributed by atoms with Gasteiger partial charge >= 0.3 is 0 Å². The number of likely N-dealkylation sites (N-methyl/N-ethyl adjacent to an activating group) is 1. The van der Waals surface area contributed by atoms with E-state index in [1.165, 1.54) is 0 Å². The van der Waals surface area contributed by atoms with E-state index in [0.717, 1.165) is 31.5 Å². The largest absolute Gasteiger partial charge is 0.493 e. The molecular formula is C22H34N2O3. The van der Waals surface area contributed by atoms with Gasteiger partial charge in [-0.15, -0.1) is 0 Å². The molecule has 0 radical (unpaired) electrons. The summed E-state index contributed by atoms with van der Waals surface area (Å²) < 4.78 is 11.1. The van der Waals surface area contributed by atoms with Crippen LogP contribution in [0.15, 0.2) is 24.3 Å². The van der Waals surface area contributed by atoms with Crippen molar-refractivity contribution in [2.45, 2.75) is 45.8 Å². The Labute approximate surface area is 163 Å². The molecule has 1 amide bonds. The molecule has 5 nitrogen and oxygen atoms in total. The minimum Gasteiger partial charge on any atom is -0.493 e. The maximum absolute atomic E-state index is 12.6. The van der Waals surface area contributed by atoms with Gasteiger partial charge in [-0.1, -0.05) is 6.07 Å². The summed E-state index contributed by atoms with van der Waals surface area (Å²) in [6.07, 6.45) is 5.85. The van der Waals surface area contributed by atoms with Gasteiger partial charge in [0.2, 0.25) is 5.91 Å². The first-order valence-electron chi connectivity index (χ1n) is 9.80. The Morgan fingerprint density at radius 2 is 1.89 bits per heavy atom. The smallest absolute Gasteiger partial charge is 0.246 e. The van der Waals surface area contributed by atoms with E-state index in [4.69, 9.17) is 9.47 Å². The molecule has 0 aliphatic carbocycles. The molecule has 1 aliphatic heterocycles. The van der Waals surface area contributed by atoms with Crippen LogP contribution in [0.3, 0.4) is 0 Å². The number of hydrogen-bond donors (Lipinski definition) is 0. The van der Waals surface area contributed by atoms with Crippen LogP contribution in [0, 0.1) is 5.92 Å². The quantitative estimate of drug-likeness (QED) is 0.683. The van der Waals surface area contributed by atoms with Crippen molar-refractivity contribution in [1.82, 2.24) is 9.80 Å². The number of amides is 1. The predicted molar refractivity (Wildman–Crippen MR) is 110 cm³/mol. The van der Waals surface area contributed by atoms with Crippen molar-refractivity contribution in [3.63, 3.8) is 0 Å². The van der Waals surface area contributed by atoms with Crippen molar-refractivity contribution in [3.05, 3.63) is 29.8 Å². The number of piperidine rings is 1. The van der Waals surface area contributed by atoms with Gasteiger partial charge in [0.05, 0.1) is 13.2 Å². The molecular weight excluding hydrogens is 340 g/mol. The zero-order valence-electron chi connectivity index (χ0n) is 17.6. The van der Waals surface area contributed by atoms with E-state index in [2.05, 4.69) is 18.9 Å². The fourth-order valence-electron chi connectivity index (χ4n) is 3.45. The number of benzene rings is 1. The summed E-state index contributed by atoms with van der Waals surface area (Å²) in [5.41, 5.74) is 0.914. The third-order valence-electron chi connectivity index (χ3n) is 5.37. The van der Waals surface area contributed by atoms with Crippen LogP contribution in [0.2, 0.25) is 0 Å². The monoisotopic (exact) mass is 374 g/mol. The standard InChI is InChI=1S/C22H34N2O3/c1-16(2)27-20-9-7-18(15-21(20)26-6)8-10-22(25)24(5)17(3)19-11-13-23(4)14-12-19/h7-10,15-17,19H,11-14H2,1-6H3. The molecule has 150 valence electrons. The average molecular weight is 375 g/mol. The maximum Gasteiger partial charge on any atom is 0.246 e. The van der Waals surface area contributed by atoms with E-state index in [-0.39, 0.29) is 18.1 Å². The molecule has 1 saturated heterocycles. The molecule has 2 rings (SSSR count). The first kappa shape index (κ1) is 21.3. The molecule has 1 atom stereocenters. The van der Waals surface area contributed by atoms with Gasteiger partial charge in [-0.2, -0.15) is 0 Å². The van der Waals surface area contributed by atoms with Crippen molar-refractivity contribution in [1.29, 1.82) is 0 Å². The fraction of sp³-hybridized carbons (Fsp3) is 0.591. The van der Waals surface area contributed by atoms with Crippen LogP contribution < -0.4 is 9.47 Å². The molecule has 5 heteroatoms. The molecule has 0 spiro atoms. The second kappa shape index (κ2) is 9.79. The van der Waals surface area contributed by atoms with Crippen LogP contribution in [0.4, 0.5) is 0 Å². The lowest BCUT2D eigenvalue weighted by molar-refractivity contribution is -0.127. The number of carbonyl (C=O) groups excluding carboxylic acids is 1. The van der Waals surface area contributed by atoms with Crippen molar-refractivity contribution >= 4 is 12.0 Å². The topological polar surface area (TPSA) is 42.0 Å². The fourth-order valence-corrected chi connectivity index (χ4v) is 3.45. The minimum atomic E-state index is 0.0305. The van der Waals surface area contributed by atoms with Crippen molar-refractivity contribution in [2.75, 3.05) is 34.3 Å². The van der Waals surface area contributed by atoms with E-state index >= 15 is 0 Å². The lowest BCUT2D eigenvalue weighted by Gasteiger charge is -2.36. The lowest BCUT2D eigenvalue weighted by atomic mass is 9.89. The van der Waals surface area contributed by atoms with Gasteiger partial charge in [-0.25, -0.2) is 0 Å². The summed E-state index contributed by atoms with van der Waals surface area (Å²) in [5.74, 6) is 1.98. The summed E-state index contributed by atoms with van der Waals surface area (Å²) in [4.78, 5) is 16.8. The second-order valence-corrected chi connectivity index (χ2v) is 7.74. The molecule has 1 aromatic rings. The van der Waals surface area contributed by atoms with E-state index in [1.807, 2.05) is 50.1 Å². The molecule has 1 fully saturated rings. The molecule has 0 saturated carbocycles. The Morgan fingerprint density at radius 3 is 2.48 bits per heavy atom. The Kier molecular flexibility index (Phi) is 7.72. The summed E-state index contributed by atoms with van der Waals surface area (Å²) in [5, 5.41) is 0. The molecule has 1 aromatic carbocycles. The van der Waals surface area contributed by atoms with Crippen molar-refractivity contribution in [3.8, 4) is 11.5 Å². The number of methoxy groups -OCH3 is 1. The molecule has 27 heavy (non-hydrogen) atoms. The zero-order chi connectivity index (χ0) is 20.0. The highest BCUT2D eigenvalue weighted by atomic mass is 16.5. The third-order valence-corrected chi connectivity index (χ3v) is 5.37. The molecule has 1 unspecified atom stereocenters. The van der Waals surface area contributed by atoms with E-state index in [1.54, 1.807) is 13.2 Å². The Morgan fingerprint density at radius 1 is 1.22 bits per heavy atom. The van der Waals surface area contributed by atoms with Gasteiger partial charge in [-0.3, -0.25) is 4.79 Å². The second-order valence-electron chi connectivity index (χ2n) is 7.74. The van der Waals surface area contributed by atoms with E-state index < -0.39 is 0 Å². The van der Waals surface area contributed by atoms with Crippen LogP contribution in [-0.4, -0.2) is 62.1 Å². The van der Waals surface area contributed by atoms with Gasteiger partial charge in [0.25, 0.3) is 0 Å². The zero-order valence-corrected chi connectivity index (χ0v) is 17.6. The SMILES string of the molecule is COc1cc(C=CC(=O)N(C)C(C)C2CCN(C)CC2)ccc1OC(C)C. The molecule has 1 heterocycles. The first-order valence-corrected chi connectivity index (χ1v) is 9.80. The molecule has 1 aliphatic rings. The van der Waals surface area contributed by atoms with Crippen molar-refractivity contribution in [2.24, 2.45) is 5.92 Å². The number of rotatable bonds is 7. The van der Waals surface area contributed by atoms with Crippen molar-refractivity contribution < 1.29 is 14.3 Å². The van der Waals surface area contributed by atoms with Gasteiger partial charge in [0.15, 0.2) is 11.5 Å². The summed E-state index contributed by atoms with van der Waals surface area (Å²) in [7, 11) is 5.68. The summed E-state index contributed by atoms with van der Waals surface area (Å²) in [6, 6.07) is 5.95. The Balaban J connectivity index is 2.00. The lowest BCUT2D eigenvalue weighted by Crippen LogP contribution is -2.43. The summed E-state index contributed by atoms with van der Waals surface area (Å²) in [6.45, 7) is 8.33. The number of carbonyl (C=O) groups is 1. The number of hydrogen-bond acceptors (Lipinski definition) is 4. The number of ether oxygens (including phenoxy) is 2. The molecule has 0 bridgehead atoms. The number of likely N-dealkylation sites (tertiary alicyclic amines) is 1. The maximum atomic E-state index is 12.6. The number of nitrogens with zero attached hydrogens (tertiary/aromatic N) is 2. The van der Waals surface area contributed by atoms with Crippen LogP contribution in [-0.2, 0) is 4.79 Å². The van der Waals surface area contributed by atoms with Crippen LogP contribution in [0.5, 0.6) is 11.5 Å². The van der Waals surface area contributed by atoms with E-state index in [9.17, 15) is 4.79 Å². The summed E-state index contributed by atoms with van der Waals surface area (Å²) >= 11 is 0. The van der Waals surface area contributed by atoms with Crippen LogP contribution in [0.1, 0.15) is 39.2 Å². The molecule has 0 aromatic heterocycles. The van der Waals surface area contributed by atoms with Gasteiger partial charge in [-0.05, 0) is 83.4 Å². The van der Waals surface area contributed by atoms with Gasteiger partial charge in [0.1, 0.15) is 0 Å². The third kappa shape index (κ3) is 5.99. The average Bonchev–Trinajstić information content (AvgIpc) is 2.65. The highest BCUT2D eigenvalue weighted by Gasteiger charge is 2.26.